The Morgan fingerprint density at radius 1 is 0.288 bits per heavy atom. The number of nitrogens with zero attached hydrogens (tertiary/aromatic N) is 3. The van der Waals surface area contributed by atoms with Gasteiger partial charge in [-0.3, -0.25) is 0 Å². The van der Waals surface area contributed by atoms with Gasteiger partial charge in [0.2, 0.25) is 0 Å². The molecular formula is C48H29N3O. The summed E-state index contributed by atoms with van der Waals surface area (Å²) in [4.78, 5) is 0. The van der Waals surface area contributed by atoms with Crippen molar-refractivity contribution in [3.05, 3.63) is 176 Å². The van der Waals surface area contributed by atoms with Crippen molar-refractivity contribution in [1.29, 1.82) is 0 Å². The van der Waals surface area contributed by atoms with E-state index >= 15 is 0 Å². The fraction of sp³-hybridized carbons (Fsp3) is 0. The molecule has 4 nitrogen and oxygen atoms in total. The highest BCUT2D eigenvalue weighted by Gasteiger charge is 2.22. The van der Waals surface area contributed by atoms with E-state index in [1.165, 1.54) is 65.4 Å². The summed E-state index contributed by atoms with van der Waals surface area (Å²) in [5, 5.41) is 9.70. The van der Waals surface area contributed by atoms with Crippen molar-refractivity contribution in [3.63, 3.8) is 0 Å². The van der Waals surface area contributed by atoms with Crippen LogP contribution in [0.25, 0.3) is 104 Å². The van der Waals surface area contributed by atoms with E-state index in [1.807, 2.05) is 12.1 Å². The largest absolute Gasteiger partial charge is 0.456 e. The van der Waals surface area contributed by atoms with Crippen LogP contribution in [0, 0.1) is 0 Å². The quantitative estimate of drug-likeness (QED) is 0.185. The van der Waals surface area contributed by atoms with Gasteiger partial charge in [0.25, 0.3) is 0 Å². The molecule has 0 fully saturated rings. The van der Waals surface area contributed by atoms with Crippen molar-refractivity contribution < 1.29 is 4.42 Å². The maximum Gasteiger partial charge on any atom is 0.135 e. The highest BCUT2D eigenvalue weighted by atomic mass is 16.3. The lowest BCUT2D eigenvalue weighted by molar-refractivity contribution is 0.669. The summed E-state index contributed by atoms with van der Waals surface area (Å²) in [5.74, 6) is 0. The second-order valence-electron chi connectivity index (χ2n) is 13.7. The summed E-state index contributed by atoms with van der Waals surface area (Å²) in [7, 11) is 0. The number of furan rings is 1. The van der Waals surface area contributed by atoms with Gasteiger partial charge in [-0.2, -0.15) is 0 Å². The van der Waals surface area contributed by atoms with Crippen molar-refractivity contribution in [2.75, 3.05) is 0 Å². The van der Waals surface area contributed by atoms with E-state index in [-0.39, 0.29) is 0 Å². The second-order valence-corrected chi connectivity index (χ2v) is 13.7. The average Bonchev–Trinajstić information content (AvgIpc) is 3.94. The lowest BCUT2D eigenvalue weighted by Crippen LogP contribution is -1.97. The third-order valence-corrected chi connectivity index (χ3v) is 11.0. The van der Waals surface area contributed by atoms with Gasteiger partial charge in [0.05, 0.1) is 33.1 Å². The molecule has 4 aromatic heterocycles. The Hall–Kier alpha value is -7.04. The first kappa shape index (κ1) is 27.7. The zero-order chi connectivity index (χ0) is 33.9. The van der Waals surface area contributed by atoms with Crippen molar-refractivity contribution in [2.24, 2.45) is 0 Å². The molecule has 12 rings (SSSR count). The van der Waals surface area contributed by atoms with Crippen LogP contribution >= 0.6 is 0 Å². The highest BCUT2D eigenvalue weighted by molar-refractivity contribution is 6.26. The number of para-hydroxylation sites is 5. The van der Waals surface area contributed by atoms with E-state index in [0.29, 0.717) is 0 Å². The standard InChI is InChI=1S/C48H29N3O/c1-2-12-30(13-3-1)49-40-18-8-4-14-33(40)35-24-22-32(29-44(35)49)51-41-19-9-5-15-34(41)37-25-26-43-47(48(37)51)38-17-6-10-20-42(38)50(43)31-23-27-46-39(28-31)36-16-7-11-21-45(36)52-46/h1-29H. The molecule has 12 aromatic rings. The molecule has 0 aliphatic heterocycles. The molecule has 0 saturated carbocycles. The number of hydrogen-bond acceptors (Lipinski definition) is 1. The lowest BCUT2D eigenvalue weighted by atomic mass is 10.1. The van der Waals surface area contributed by atoms with E-state index in [1.54, 1.807) is 0 Å². The Morgan fingerprint density at radius 3 is 1.63 bits per heavy atom. The Balaban J connectivity index is 1.21. The molecule has 52 heavy (non-hydrogen) atoms. The second kappa shape index (κ2) is 10.3. The van der Waals surface area contributed by atoms with Gasteiger partial charge in [0.1, 0.15) is 11.2 Å². The molecule has 4 heteroatoms. The van der Waals surface area contributed by atoms with Gasteiger partial charge in [-0.15, -0.1) is 0 Å². The first-order valence-corrected chi connectivity index (χ1v) is 17.8. The SMILES string of the molecule is c1ccc(-n2c3ccccc3c3ccc(-n4c5ccccc5c5ccc6c(c7ccccc7n6-c6ccc7oc8ccccc8c7c6)c54)cc32)cc1. The van der Waals surface area contributed by atoms with Crippen LogP contribution in [0.4, 0.5) is 0 Å². The smallest absolute Gasteiger partial charge is 0.135 e. The van der Waals surface area contributed by atoms with Gasteiger partial charge in [-0.05, 0) is 72.8 Å². The van der Waals surface area contributed by atoms with E-state index in [0.717, 1.165) is 39.0 Å². The molecule has 242 valence electrons. The number of benzene rings is 8. The summed E-state index contributed by atoms with van der Waals surface area (Å²) in [6.07, 6.45) is 0. The zero-order valence-corrected chi connectivity index (χ0v) is 28.0. The maximum atomic E-state index is 6.23. The van der Waals surface area contributed by atoms with Crippen LogP contribution in [-0.2, 0) is 0 Å². The molecule has 8 aromatic carbocycles. The molecule has 4 heterocycles. The van der Waals surface area contributed by atoms with Crippen molar-refractivity contribution in [2.45, 2.75) is 0 Å². The third kappa shape index (κ3) is 3.65. The molecule has 0 bridgehead atoms. The van der Waals surface area contributed by atoms with Crippen LogP contribution in [0.1, 0.15) is 0 Å². The van der Waals surface area contributed by atoms with E-state index < -0.39 is 0 Å². The monoisotopic (exact) mass is 663 g/mol. The lowest BCUT2D eigenvalue weighted by Gasteiger charge is -2.12. The minimum Gasteiger partial charge on any atom is -0.456 e. The summed E-state index contributed by atoms with van der Waals surface area (Å²) in [6.45, 7) is 0. The van der Waals surface area contributed by atoms with Crippen molar-refractivity contribution in [3.8, 4) is 17.1 Å². The van der Waals surface area contributed by atoms with Gasteiger partial charge < -0.3 is 18.1 Å². The van der Waals surface area contributed by atoms with Crippen molar-refractivity contribution in [1.82, 2.24) is 13.7 Å². The molecule has 0 radical (unpaired) electrons. The predicted molar refractivity (Wildman–Crippen MR) is 217 cm³/mol. The van der Waals surface area contributed by atoms with Crippen LogP contribution in [0.5, 0.6) is 0 Å². The summed E-state index contributed by atoms with van der Waals surface area (Å²) in [5.41, 5.74) is 12.3. The number of fused-ring (bicyclic) bond motifs is 13. The Bertz CT molecular complexity index is 3410. The zero-order valence-electron chi connectivity index (χ0n) is 28.0. The normalized spacial score (nSPS) is 12.2. The molecule has 0 aliphatic rings. The maximum absolute atomic E-state index is 6.23. The molecule has 0 unspecified atom stereocenters. The molecule has 0 N–H and O–H groups in total. The fourth-order valence-corrected chi connectivity index (χ4v) is 8.86. The molecular weight excluding hydrogens is 635 g/mol. The third-order valence-electron chi connectivity index (χ3n) is 11.0. The van der Waals surface area contributed by atoms with Crippen LogP contribution in [0.15, 0.2) is 180 Å². The van der Waals surface area contributed by atoms with Crippen LogP contribution < -0.4 is 0 Å². The Labute approximate surface area is 297 Å². The highest BCUT2D eigenvalue weighted by Crippen LogP contribution is 2.43. The number of rotatable bonds is 3. The fourth-order valence-electron chi connectivity index (χ4n) is 8.86. The molecule has 0 amide bonds. The van der Waals surface area contributed by atoms with Gasteiger partial charge in [-0.25, -0.2) is 0 Å². The van der Waals surface area contributed by atoms with Gasteiger partial charge in [-0.1, -0.05) is 103 Å². The van der Waals surface area contributed by atoms with Crippen LogP contribution in [-0.4, -0.2) is 13.7 Å². The predicted octanol–water partition coefficient (Wildman–Crippen LogP) is 12.9. The van der Waals surface area contributed by atoms with Crippen molar-refractivity contribution >= 4 is 87.4 Å². The summed E-state index contributed by atoms with van der Waals surface area (Å²) < 4.78 is 13.5. The van der Waals surface area contributed by atoms with E-state index in [9.17, 15) is 0 Å². The summed E-state index contributed by atoms with van der Waals surface area (Å²) >= 11 is 0. The molecule has 0 atom stereocenters. The molecule has 0 saturated heterocycles. The van der Waals surface area contributed by atoms with Gasteiger partial charge >= 0.3 is 0 Å². The van der Waals surface area contributed by atoms with Crippen LogP contribution in [0.2, 0.25) is 0 Å². The van der Waals surface area contributed by atoms with E-state index in [4.69, 9.17) is 4.42 Å². The molecule has 0 aliphatic carbocycles. The Morgan fingerprint density at radius 2 is 0.827 bits per heavy atom. The van der Waals surface area contributed by atoms with E-state index in [2.05, 4.69) is 177 Å². The number of hydrogen-bond donors (Lipinski definition) is 0. The van der Waals surface area contributed by atoms with Gasteiger partial charge in [0, 0.05) is 60.2 Å². The Kier molecular flexibility index (Phi) is 5.47. The first-order chi connectivity index (χ1) is 25.8. The average molecular weight is 664 g/mol. The minimum absolute atomic E-state index is 0.900. The first-order valence-electron chi connectivity index (χ1n) is 17.8. The minimum atomic E-state index is 0.900. The summed E-state index contributed by atoms with van der Waals surface area (Å²) in [6, 6.07) is 63.6. The van der Waals surface area contributed by atoms with Gasteiger partial charge in [0.15, 0.2) is 0 Å². The molecule has 0 spiro atoms. The van der Waals surface area contributed by atoms with Crippen LogP contribution in [0.3, 0.4) is 0 Å². The number of aromatic nitrogens is 3. The topological polar surface area (TPSA) is 27.9 Å².